The topological polar surface area (TPSA) is 39.9 Å². The van der Waals surface area contributed by atoms with E-state index in [4.69, 9.17) is 4.74 Å². The minimum Gasteiger partial charge on any atom is -0.376 e. The van der Waals surface area contributed by atoms with Crippen LogP contribution in [-0.2, 0) is 11.3 Å². The number of nitrogens with zero attached hydrogens (tertiary/aromatic N) is 3. The van der Waals surface area contributed by atoms with Gasteiger partial charge >= 0.3 is 0 Å². The lowest BCUT2D eigenvalue weighted by Crippen LogP contribution is -2.16. The van der Waals surface area contributed by atoms with Gasteiger partial charge in [-0.2, -0.15) is 0 Å². The van der Waals surface area contributed by atoms with Crippen LogP contribution in [0.1, 0.15) is 29.2 Å². The molecule has 2 aromatic heterocycles. The average molecular weight is 432 g/mol. The second kappa shape index (κ2) is 7.69. The molecule has 0 saturated carbocycles. The number of hydrogen-bond donors (Lipinski definition) is 0. The van der Waals surface area contributed by atoms with Gasteiger partial charge in [0.25, 0.3) is 0 Å². The summed E-state index contributed by atoms with van der Waals surface area (Å²) in [5.74, 6) is 0.947. The Labute approximate surface area is 183 Å². The molecule has 0 radical (unpaired) electrons. The Morgan fingerprint density at radius 3 is 2.40 bits per heavy atom. The number of fused-ring (bicyclic) bond motifs is 3. The number of hydrogen-bond acceptors (Lipinski definition) is 5. The van der Waals surface area contributed by atoms with Crippen LogP contribution in [-0.4, -0.2) is 27.5 Å². The summed E-state index contributed by atoms with van der Waals surface area (Å²) < 4.78 is 8.23. The van der Waals surface area contributed by atoms with E-state index in [2.05, 4.69) is 80.8 Å². The molecule has 4 nitrogen and oxygen atoms in total. The molecule has 0 N–H and O–H groups in total. The third-order valence-electron chi connectivity index (χ3n) is 5.87. The third-order valence-corrected chi connectivity index (χ3v) is 7.99. The fourth-order valence-corrected chi connectivity index (χ4v) is 6.43. The van der Waals surface area contributed by atoms with E-state index in [0.717, 1.165) is 41.9 Å². The van der Waals surface area contributed by atoms with E-state index in [0.29, 0.717) is 0 Å². The molecule has 0 amide bonds. The van der Waals surface area contributed by atoms with Crippen molar-refractivity contribution >= 4 is 23.1 Å². The summed E-state index contributed by atoms with van der Waals surface area (Å²) in [5.41, 5.74) is 5.37. The molecule has 1 aliphatic heterocycles. The molecular weight excluding hydrogens is 410 g/mol. The van der Waals surface area contributed by atoms with Crippen LogP contribution in [0.3, 0.4) is 0 Å². The minimum absolute atomic E-state index is 0.223. The molecule has 30 heavy (non-hydrogen) atoms. The predicted octanol–water partition coefficient (Wildman–Crippen LogP) is 6.05. The highest BCUT2D eigenvalue weighted by Crippen LogP contribution is 2.52. The van der Waals surface area contributed by atoms with Crippen molar-refractivity contribution in [3.63, 3.8) is 0 Å². The Morgan fingerprint density at radius 1 is 0.967 bits per heavy atom. The fourth-order valence-electron chi connectivity index (χ4n) is 4.46. The molecule has 6 heteroatoms. The van der Waals surface area contributed by atoms with Gasteiger partial charge in [0, 0.05) is 6.61 Å². The molecule has 4 aromatic rings. The lowest BCUT2D eigenvalue weighted by atomic mass is 10.1. The molecule has 0 bridgehead atoms. The Bertz CT molecular complexity index is 1130. The van der Waals surface area contributed by atoms with E-state index in [9.17, 15) is 0 Å². The van der Waals surface area contributed by atoms with Gasteiger partial charge in [-0.15, -0.1) is 21.5 Å². The quantitative estimate of drug-likeness (QED) is 0.386. The van der Waals surface area contributed by atoms with Crippen molar-refractivity contribution in [2.24, 2.45) is 0 Å². The van der Waals surface area contributed by atoms with Gasteiger partial charge in [-0.3, -0.25) is 4.57 Å². The second-order valence-corrected chi connectivity index (χ2v) is 9.72. The number of thioether (sulfide) groups is 1. The summed E-state index contributed by atoms with van der Waals surface area (Å²) in [5, 5.41) is 12.5. The highest BCUT2D eigenvalue weighted by Gasteiger charge is 2.31. The van der Waals surface area contributed by atoms with E-state index in [-0.39, 0.29) is 11.4 Å². The predicted molar refractivity (Wildman–Crippen MR) is 122 cm³/mol. The summed E-state index contributed by atoms with van der Waals surface area (Å²) in [6, 6.07) is 21.6. The van der Waals surface area contributed by atoms with Gasteiger partial charge in [-0.05, 0) is 46.5 Å². The second-order valence-electron chi connectivity index (χ2n) is 7.70. The number of aromatic nitrogens is 3. The van der Waals surface area contributed by atoms with Crippen molar-refractivity contribution < 1.29 is 4.74 Å². The molecular formula is C24H21N3OS2. The van der Waals surface area contributed by atoms with Crippen molar-refractivity contribution in [3.8, 4) is 21.8 Å². The number of ether oxygens (including phenoxy) is 1. The van der Waals surface area contributed by atoms with E-state index < -0.39 is 0 Å². The first-order chi connectivity index (χ1) is 14.9. The van der Waals surface area contributed by atoms with Crippen LogP contribution >= 0.6 is 23.1 Å². The van der Waals surface area contributed by atoms with E-state index >= 15 is 0 Å². The van der Waals surface area contributed by atoms with Gasteiger partial charge in [0.15, 0.2) is 11.0 Å². The molecule has 6 rings (SSSR count). The summed E-state index contributed by atoms with van der Waals surface area (Å²) in [6.45, 7) is 1.66. The maximum absolute atomic E-state index is 5.95. The molecule has 150 valence electrons. The molecule has 2 aliphatic rings. The van der Waals surface area contributed by atoms with Gasteiger partial charge in [-0.25, -0.2) is 0 Å². The monoisotopic (exact) mass is 431 g/mol. The number of benzene rings is 2. The first kappa shape index (κ1) is 18.4. The zero-order valence-corrected chi connectivity index (χ0v) is 18.0. The largest absolute Gasteiger partial charge is 0.376 e. The number of thiophene rings is 1. The first-order valence-corrected chi connectivity index (χ1v) is 12.1. The normalized spacial score (nSPS) is 17.9. The summed E-state index contributed by atoms with van der Waals surface area (Å²) in [7, 11) is 0. The lowest BCUT2D eigenvalue weighted by Gasteiger charge is -2.17. The van der Waals surface area contributed by atoms with Gasteiger partial charge in [0.2, 0.25) is 0 Å². The highest BCUT2D eigenvalue weighted by molar-refractivity contribution is 7.99. The smallest absolute Gasteiger partial charge is 0.192 e. The van der Waals surface area contributed by atoms with Crippen LogP contribution < -0.4 is 0 Å². The third kappa shape index (κ3) is 3.11. The van der Waals surface area contributed by atoms with E-state index in [1.165, 1.54) is 22.3 Å². The summed E-state index contributed by atoms with van der Waals surface area (Å²) in [4.78, 5) is 1.15. The Kier molecular flexibility index (Phi) is 4.71. The van der Waals surface area contributed by atoms with Gasteiger partial charge in [-0.1, -0.05) is 66.4 Å². The van der Waals surface area contributed by atoms with Gasteiger partial charge in [0.1, 0.15) is 0 Å². The fraction of sp³-hybridized carbons (Fsp3) is 0.250. The summed E-state index contributed by atoms with van der Waals surface area (Å²) >= 11 is 3.51. The van der Waals surface area contributed by atoms with Gasteiger partial charge < -0.3 is 4.74 Å². The molecule has 1 saturated heterocycles. The Balaban J connectivity index is 1.41. The van der Waals surface area contributed by atoms with E-state index in [1.807, 2.05) is 0 Å². The van der Waals surface area contributed by atoms with Crippen LogP contribution in [0.15, 0.2) is 71.2 Å². The van der Waals surface area contributed by atoms with Crippen molar-refractivity contribution in [1.82, 2.24) is 14.8 Å². The number of rotatable bonds is 5. The maximum Gasteiger partial charge on any atom is 0.192 e. The van der Waals surface area contributed by atoms with Gasteiger partial charge in [0.05, 0.1) is 22.8 Å². The van der Waals surface area contributed by atoms with E-state index in [1.54, 1.807) is 23.1 Å². The maximum atomic E-state index is 5.95. The molecule has 0 spiro atoms. The molecule has 1 unspecified atom stereocenters. The van der Waals surface area contributed by atoms with Crippen LogP contribution in [0.5, 0.6) is 0 Å². The minimum atomic E-state index is 0.223. The SMILES string of the molecule is c1csc(-c2nnc(SC3c4ccccc4-c4ccccc43)n2CC2CCCO2)c1. The van der Waals surface area contributed by atoms with Crippen LogP contribution in [0.4, 0.5) is 0 Å². The molecule has 1 atom stereocenters. The van der Waals surface area contributed by atoms with Crippen molar-refractivity contribution in [3.05, 3.63) is 77.2 Å². The van der Waals surface area contributed by atoms with Crippen molar-refractivity contribution in [2.75, 3.05) is 6.61 Å². The van der Waals surface area contributed by atoms with Crippen LogP contribution in [0.2, 0.25) is 0 Å². The summed E-state index contributed by atoms with van der Waals surface area (Å²) in [6.07, 6.45) is 2.47. The van der Waals surface area contributed by atoms with Crippen molar-refractivity contribution in [1.29, 1.82) is 0 Å². The zero-order chi connectivity index (χ0) is 19.9. The molecule has 1 aliphatic carbocycles. The Hall–Kier alpha value is -2.41. The zero-order valence-electron chi connectivity index (χ0n) is 16.4. The van der Waals surface area contributed by atoms with Crippen LogP contribution in [0, 0.1) is 0 Å². The first-order valence-electron chi connectivity index (χ1n) is 10.3. The highest BCUT2D eigenvalue weighted by atomic mass is 32.2. The molecule has 3 heterocycles. The molecule has 2 aromatic carbocycles. The standard InChI is InChI=1S/C24H21N3OS2/c1-3-10-19-17(8-1)18-9-2-4-11-20(18)22(19)30-24-26-25-23(21-12-6-14-29-21)27(24)15-16-7-5-13-28-16/h1-4,6,8-12,14,16,22H,5,7,13,15H2. The lowest BCUT2D eigenvalue weighted by molar-refractivity contribution is 0.0953. The van der Waals surface area contributed by atoms with Crippen molar-refractivity contribution in [2.45, 2.75) is 35.9 Å². The molecule has 1 fully saturated rings. The Morgan fingerprint density at radius 2 is 1.73 bits per heavy atom. The van der Waals surface area contributed by atoms with Crippen LogP contribution in [0.25, 0.3) is 21.8 Å². The average Bonchev–Trinajstić information content (AvgIpc) is 3.57.